The SMILES string of the molecule is CC(=O)Nc1c(C(=O)c2ccc(Cl)cc2Cl)oc2cc(-c3cccnc3)ccc12. The molecule has 2 aromatic carbocycles. The van der Waals surface area contributed by atoms with E-state index in [1.165, 1.54) is 19.1 Å². The summed E-state index contributed by atoms with van der Waals surface area (Å²) < 4.78 is 5.89. The van der Waals surface area contributed by atoms with Crippen molar-refractivity contribution in [2.75, 3.05) is 5.32 Å². The molecule has 0 saturated carbocycles. The standard InChI is InChI=1S/C22H14Cl2N2O3/c1-12(27)26-20-17-6-4-13(14-3-2-8-25-11-14)9-19(17)29-22(20)21(28)16-7-5-15(23)10-18(16)24/h2-11H,1H3,(H,26,27). The molecule has 0 aliphatic rings. The number of nitrogens with zero attached hydrogens (tertiary/aromatic N) is 1. The molecule has 5 nitrogen and oxygen atoms in total. The first-order valence-electron chi connectivity index (χ1n) is 8.68. The molecule has 0 unspecified atom stereocenters. The van der Waals surface area contributed by atoms with Gasteiger partial charge >= 0.3 is 0 Å². The van der Waals surface area contributed by atoms with Crippen molar-refractivity contribution >= 4 is 51.5 Å². The number of halogens is 2. The van der Waals surface area contributed by atoms with E-state index >= 15 is 0 Å². The Morgan fingerprint density at radius 2 is 1.86 bits per heavy atom. The number of hydrogen-bond donors (Lipinski definition) is 1. The van der Waals surface area contributed by atoms with Gasteiger partial charge in [-0.15, -0.1) is 0 Å². The Morgan fingerprint density at radius 1 is 1.03 bits per heavy atom. The average molecular weight is 425 g/mol. The lowest BCUT2D eigenvalue weighted by Crippen LogP contribution is -2.10. The maximum Gasteiger partial charge on any atom is 0.231 e. The van der Waals surface area contributed by atoms with Gasteiger partial charge in [-0.05, 0) is 42.0 Å². The van der Waals surface area contributed by atoms with Crippen molar-refractivity contribution in [3.05, 3.63) is 82.3 Å². The largest absolute Gasteiger partial charge is 0.450 e. The van der Waals surface area contributed by atoms with Gasteiger partial charge < -0.3 is 9.73 Å². The molecule has 0 aliphatic heterocycles. The Kier molecular flexibility index (Phi) is 5.09. The van der Waals surface area contributed by atoms with Gasteiger partial charge in [-0.25, -0.2) is 0 Å². The Balaban J connectivity index is 1.87. The third kappa shape index (κ3) is 3.75. The highest BCUT2D eigenvalue weighted by Crippen LogP contribution is 2.36. The molecule has 2 aromatic heterocycles. The summed E-state index contributed by atoms with van der Waals surface area (Å²) in [6.45, 7) is 1.37. The van der Waals surface area contributed by atoms with Crippen LogP contribution in [-0.4, -0.2) is 16.7 Å². The smallest absolute Gasteiger partial charge is 0.231 e. The van der Waals surface area contributed by atoms with Crippen LogP contribution in [0.3, 0.4) is 0 Å². The fourth-order valence-corrected chi connectivity index (χ4v) is 3.56. The van der Waals surface area contributed by atoms with Gasteiger partial charge in [0.1, 0.15) is 5.58 Å². The average Bonchev–Trinajstić information content (AvgIpc) is 3.05. The second kappa shape index (κ2) is 7.70. The number of anilines is 1. The highest BCUT2D eigenvalue weighted by atomic mass is 35.5. The lowest BCUT2D eigenvalue weighted by molar-refractivity contribution is -0.114. The number of rotatable bonds is 4. The van der Waals surface area contributed by atoms with Crippen LogP contribution >= 0.6 is 23.2 Å². The molecule has 1 amide bonds. The zero-order chi connectivity index (χ0) is 20.5. The molecule has 1 N–H and O–H groups in total. The molecule has 0 spiro atoms. The highest BCUT2D eigenvalue weighted by Gasteiger charge is 2.24. The van der Waals surface area contributed by atoms with Crippen molar-refractivity contribution in [1.82, 2.24) is 4.98 Å². The van der Waals surface area contributed by atoms with Crippen molar-refractivity contribution in [1.29, 1.82) is 0 Å². The molecule has 7 heteroatoms. The van der Waals surface area contributed by atoms with Gasteiger partial charge in [0.05, 0.1) is 10.7 Å². The van der Waals surface area contributed by atoms with Gasteiger partial charge in [0.15, 0.2) is 5.76 Å². The van der Waals surface area contributed by atoms with Crippen LogP contribution in [0.4, 0.5) is 5.69 Å². The van der Waals surface area contributed by atoms with Gasteiger partial charge in [0.25, 0.3) is 0 Å². The minimum atomic E-state index is -0.449. The first-order chi connectivity index (χ1) is 13.9. The quantitative estimate of drug-likeness (QED) is 0.408. The number of carbonyl (C=O) groups is 2. The number of aromatic nitrogens is 1. The molecule has 29 heavy (non-hydrogen) atoms. The van der Waals surface area contributed by atoms with Crippen LogP contribution in [0.5, 0.6) is 0 Å². The molecule has 4 aromatic rings. The summed E-state index contributed by atoms with van der Waals surface area (Å²) in [7, 11) is 0. The lowest BCUT2D eigenvalue weighted by Gasteiger charge is -2.05. The van der Waals surface area contributed by atoms with Crippen molar-refractivity contribution in [2.45, 2.75) is 6.92 Å². The molecule has 0 saturated heterocycles. The molecular formula is C22H14Cl2N2O3. The van der Waals surface area contributed by atoms with Gasteiger partial charge in [0, 0.05) is 40.9 Å². The predicted octanol–water partition coefficient (Wildman–Crippen LogP) is 5.99. The van der Waals surface area contributed by atoms with E-state index in [1.54, 1.807) is 30.6 Å². The Morgan fingerprint density at radius 3 is 2.55 bits per heavy atom. The van der Waals surface area contributed by atoms with E-state index < -0.39 is 5.78 Å². The van der Waals surface area contributed by atoms with E-state index in [0.717, 1.165) is 11.1 Å². The molecule has 0 bridgehead atoms. The number of fused-ring (bicyclic) bond motifs is 1. The Labute approximate surface area is 176 Å². The summed E-state index contributed by atoms with van der Waals surface area (Å²) >= 11 is 12.1. The van der Waals surface area contributed by atoms with Crippen LogP contribution in [0.25, 0.3) is 22.1 Å². The normalized spacial score (nSPS) is 10.9. The summed E-state index contributed by atoms with van der Waals surface area (Å²) in [6, 6.07) is 13.8. The third-order valence-corrected chi connectivity index (χ3v) is 4.92. The highest BCUT2D eigenvalue weighted by molar-refractivity contribution is 6.37. The number of nitrogens with one attached hydrogen (secondary N) is 1. The van der Waals surface area contributed by atoms with E-state index in [4.69, 9.17) is 27.6 Å². The second-order valence-electron chi connectivity index (χ2n) is 6.39. The number of ketones is 1. The minimum Gasteiger partial charge on any atom is -0.450 e. The van der Waals surface area contributed by atoms with E-state index in [-0.39, 0.29) is 22.3 Å². The van der Waals surface area contributed by atoms with Gasteiger partial charge in [-0.1, -0.05) is 35.3 Å². The monoisotopic (exact) mass is 424 g/mol. The van der Waals surface area contributed by atoms with Gasteiger partial charge in [-0.3, -0.25) is 14.6 Å². The summed E-state index contributed by atoms with van der Waals surface area (Å²) in [6.07, 6.45) is 3.43. The first kappa shape index (κ1) is 19.2. The summed E-state index contributed by atoms with van der Waals surface area (Å²) in [4.78, 5) is 29.0. The fourth-order valence-electron chi connectivity index (χ4n) is 3.07. The van der Waals surface area contributed by atoms with Crippen LogP contribution in [-0.2, 0) is 4.79 Å². The van der Waals surface area contributed by atoms with Crippen molar-refractivity contribution in [3.8, 4) is 11.1 Å². The van der Waals surface area contributed by atoms with Crippen LogP contribution in [0.2, 0.25) is 10.0 Å². The maximum absolute atomic E-state index is 13.1. The zero-order valence-corrected chi connectivity index (χ0v) is 16.7. The van der Waals surface area contributed by atoms with Crippen molar-refractivity contribution in [2.24, 2.45) is 0 Å². The Bertz CT molecular complexity index is 1250. The number of hydrogen-bond acceptors (Lipinski definition) is 4. The first-order valence-corrected chi connectivity index (χ1v) is 9.44. The van der Waals surface area contributed by atoms with E-state index in [1.807, 2.05) is 18.2 Å². The minimum absolute atomic E-state index is 0.00255. The molecule has 0 radical (unpaired) electrons. The molecule has 0 aliphatic carbocycles. The molecule has 0 atom stereocenters. The van der Waals surface area contributed by atoms with Gasteiger partial charge in [0.2, 0.25) is 11.7 Å². The maximum atomic E-state index is 13.1. The van der Waals surface area contributed by atoms with E-state index in [2.05, 4.69) is 10.3 Å². The van der Waals surface area contributed by atoms with E-state index in [0.29, 0.717) is 21.7 Å². The summed E-state index contributed by atoms with van der Waals surface area (Å²) in [5.41, 5.74) is 2.77. The van der Waals surface area contributed by atoms with Crippen molar-refractivity contribution in [3.63, 3.8) is 0 Å². The Hall–Kier alpha value is -3.15. The van der Waals surface area contributed by atoms with Crippen LogP contribution in [0, 0.1) is 0 Å². The van der Waals surface area contributed by atoms with Crippen LogP contribution in [0.1, 0.15) is 23.0 Å². The predicted molar refractivity (Wildman–Crippen MR) is 114 cm³/mol. The molecule has 144 valence electrons. The molecular weight excluding hydrogens is 411 g/mol. The lowest BCUT2D eigenvalue weighted by atomic mass is 10.0. The zero-order valence-electron chi connectivity index (χ0n) is 15.2. The molecule has 2 heterocycles. The van der Waals surface area contributed by atoms with Crippen LogP contribution in [0.15, 0.2) is 65.3 Å². The number of furan rings is 1. The third-order valence-electron chi connectivity index (χ3n) is 4.37. The topological polar surface area (TPSA) is 72.2 Å². The van der Waals surface area contributed by atoms with Gasteiger partial charge in [-0.2, -0.15) is 0 Å². The molecule has 0 fully saturated rings. The second-order valence-corrected chi connectivity index (χ2v) is 7.24. The number of amides is 1. The summed E-state index contributed by atoms with van der Waals surface area (Å²) in [5.74, 6) is -0.766. The van der Waals surface area contributed by atoms with Crippen molar-refractivity contribution < 1.29 is 14.0 Å². The number of pyridine rings is 1. The molecule has 4 rings (SSSR count). The van der Waals surface area contributed by atoms with E-state index in [9.17, 15) is 9.59 Å². The summed E-state index contributed by atoms with van der Waals surface area (Å²) in [5, 5.41) is 3.93. The van der Waals surface area contributed by atoms with Crippen LogP contribution < -0.4 is 5.32 Å². The number of benzene rings is 2. The number of carbonyl (C=O) groups excluding carboxylic acids is 2. The fraction of sp³-hybridized carbons (Fsp3) is 0.0455.